The van der Waals surface area contributed by atoms with Crippen LogP contribution in [0, 0.1) is 11.7 Å². The Morgan fingerprint density at radius 3 is 2.56 bits per heavy atom. The maximum atomic E-state index is 14.6. The molecule has 2 atom stereocenters. The maximum absolute atomic E-state index is 14.6. The van der Waals surface area contributed by atoms with Gasteiger partial charge in [0.15, 0.2) is 0 Å². The molecule has 0 amide bonds. The molecule has 0 bridgehead atoms. The molecule has 0 saturated heterocycles. The Kier molecular flexibility index (Phi) is 8.72. The van der Waals surface area contributed by atoms with E-state index in [2.05, 4.69) is 9.97 Å². The van der Waals surface area contributed by atoms with E-state index in [0.717, 1.165) is 31.4 Å². The van der Waals surface area contributed by atoms with Crippen molar-refractivity contribution >= 4 is 5.97 Å². The van der Waals surface area contributed by atoms with Crippen LogP contribution in [0.2, 0.25) is 0 Å². The van der Waals surface area contributed by atoms with Gasteiger partial charge >= 0.3 is 12.1 Å². The highest BCUT2D eigenvalue weighted by molar-refractivity contribution is 5.70. The van der Waals surface area contributed by atoms with E-state index in [0.29, 0.717) is 18.3 Å². The number of ether oxygens (including phenoxy) is 3. The van der Waals surface area contributed by atoms with Gasteiger partial charge in [-0.3, -0.25) is 9.78 Å². The quantitative estimate of drug-likeness (QED) is 0.191. The Hall–Kier alpha value is -3.69. The molecular formula is C29H30F4N2O4. The molecule has 0 spiro atoms. The van der Waals surface area contributed by atoms with E-state index >= 15 is 0 Å². The first-order valence-corrected chi connectivity index (χ1v) is 12.8. The summed E-state index contributed by atoms with van der Waals surface area (Å²) >= 11 is 0. The average molecular weight is 547 g/mol. The molecule has 10 heteroatoms. The number of methoxy groups -OCH3 is 1. The zero-order valence-corrected chi connectivity index (χ0v) is 21.9. The molecule has 0 N–H and O–H groups in total. The van der Waals surface area contributed by atoms with E-state index in [4.69, 9.17) is 14.2 Å². The number of esters is 1. The van der Waals surface area contributed by atoms with Crippen molar-refractivity contribution < 1.29 is 36.6 Å². The molecule has 0 aliphatic heterocycles. The second kappa shape index (κ2) is 12.0. The molecule has 1 heterocycles. The summed E-state index contributed by atoms with van der Waals surface area (Å²) in [5, 5.41) is 0. The third-order valence-electron chi connectivity index (χ3n) is 6.74. The summed E-state index contributed by atoms with van der Waals surface area (Å²) in [7, 11) is 1.38. The number of hydrogen-bond acceptors (Lipinski definition) is 6. The first-order valence-electron chi connectivity index (χ1n) is 12.8. The third-order valence-corrected chi connectivity index (χ3v) is 6.74. The summed E-state index contributed by atoms with van der Waals surface area (Å²) in [4.78, 5) is 20.5. The van der Waals surface area contributed by atoms with E-state index < -0.39 is 23.6 Å². The van der Waals surface area contributed by atoms with E-state index in [9.17, 15) is 22.4 Å². The molecule has 1 aliphatic carbocycles. The minimum Gasteiger partial charge on any atom is -0.497 e. The number of benzene rings is 2. The minimum absolute atomic E-state index is 0.00340. The predicted octanol–water partition coefficient (Wildman–Crippen LogP) is 6.98. The lowest BCUT2D eigenvalue weighted by Gasteiger charge is -2.19. The summed E-state index contributed by atoms with van der Waals surface area (Å²) in [6, 6.07) is 11.1. The minimum atomic E-state index is -4.62. The highest BCUT2D eigenvalue weighted by Crippen LogP contribution is 2.45. The van der Waals surface area contributed by atoms with Crippen molar-refractivity contribution in [3.63, 3.8) is 0 Å². The van der Waals surface area contributed by atoms with Gasteiger partial charge in [0.25, 0.3) is 0 Å². The maximum Gasteiger partial charge on any atom is 0.397 e. The molecule has 6 nitrogen and oxygen atoms in total. The van der Waals surface area contributed by atoms with Crippen LogP contribution in [0.15, 0.2) is 48.7 Å². The standard InChI is InChI=1S/C29H30F4N2O4/c1-4-38-26(36)14-23(18-8-9-18)19-6-5-7-22(12-19)39-16-20-15-34-28(27(35-20)17(2)29(31,32)33)24-13-21(37-3)10-11-25(24)30/h5-7,10-13,15,17-18,23H,4,8-9,14,16H2,1-3H3. The van der Waals surface area contributed by atoms with E-state index in [1.807, 2.05) is 18.2 Å². The van der Waals surface area contributed by atoms with Crippen molar-refractivity contribution in [1.82, 2.24) is 9.97 Å². The van der Waals surface area contributed by atoms with Gasteiger partial charge in [-0.2, -0.15) is 13.2 Å². The number of nitrogens with zero attached hydrogens (tertiary/aromatic N) is 2. The molecule has 4 rings (SSSR count). The lowest BCUT2D eigenvalue weighted by atomic mass is 9.91. The SMILES string of the molecule is CCOC(=O)CC(c1cccc(OCc2cnc(-c3cc(OC)ccc3F)c(C(C)C(F)(F)F)n2)c1)C1CC1. The second-order valence-electron chi connectivity index (χ2n) is 9.52. The number of aromatic nitrogens is 2. The van der Waals surface area contributed by atoms with Crippen LogP contribution in [0.25, 0.3) is 11.3 Å². The fraction of sp³-hybridized carbons (Fsp3) is 0.414. The number of halogens is 4. The molecule has 208 valence electrons. The third kappa shape index (κ3) is 7.04. The number of rotatable bonds is 11. The summed E-state index contributed by atoms with van der Waals surface area (Å²) in [6.45, 7) is 2.89. The van der Waals surface area contributed by atoms with Crippen LogP contribution in [0.4, 0.5) is 17.6 Å². The summed E-state index contributed by atoms with van der Waals surface area (Å²) in [5.74, 6) is -1.84. The van der Waals surface area contributed by atoms with Gasteiger partial charge in [-0.25, -0.2) is 9.37 Å². The van der Waals surface area contributed by atoms with Gasteiger partial charge in [-0.1, -0.05) is 12.1 Å². The van der Waals surface area contributed by atoms with Gasteiger partial charge in [0.1, 0.15) is 23.9 Å². The number of carbonyl (C=O) groups is 1. The fourth-order valence-corrected chi connectivity index (χ4v) is 4.44. The van der Waals surface area contributed by atoms with E-state index in [-0.39, 0.29) is 47.6 Å². The summed E-state index contributed by atoms with van der Waals surface area (Å²) < 4.78 is 71.9. The van der Waals surface area contributed by atoms with Crippen molar-refractivity contribution in [3.8, 4) is 22.8 Å². The van der Waals surface area contributed by atoms with Gasteiger partial charge in [0.05, 0.1) is 49.3 Å². The zero-order valence-electron chi connectivity index (χ0n) is 21.9. The van der Waals surface area contributed by atoms with Crippen LogP contribution in [0.3, 0.4) is 0 Å². The molecule has 2 aromatic carbocycles. The van der Waals surface area contributed by atoms with Crippen molar-refractivity contribution in [2.24, 2.45) is 5.92 Å². The lowest BCUT2D eigenvalue weighted by Crippen LogP contribution is -2.21. The monoisotopic (exact) mass is 546 g/mol. The fourth-order valence-electron chi connectivity index (χ4n) is 4.44. The van der Waals surface area contributed by atoms with E-state index in [1.165, 1.54) is 25.4 Å². The van der Waals surface area contributed by atoms with Crippen LogP contribution >= 0.6 is 0 Å². The predicted molar refractivity (Wildman–Crippen MR) is 136 cm³/mol. The highest BCUT2D eigenvalue weighted by atomic mass is 19.4. The molecule has 1 saturated carbocycles. The first-order chi connectivity index (χ1) is 18.6. The Morgan fingerprint density at radius 2 is 1.90 bits per heavy atom. The largest absolute Gasteiger partial charge is 0.497 e. The average Bonchev–Trinajstić information content (AvgIpc) is 3.76. The number of hydrogen-bond donors (Lipinski definition) is 0. The topological polar surface area (TPSA) is 70.5 Å². The molecular weight excluding hydrogens is 516 g/mol. The van der Waals surface area contributed by atoms with Crippen molar-refractivity contribution in [2.45, 2.75) is 57.7 Å². The van der Waals surface area contributed by atoms with Crippen LogP contribution in [-0.4, -0.2) is 35.8 Å². The van der Waals surface area contributed by atoms with Crippen molar-refractivity contribution in [1.29, 1.82) is 0 Å². The van der Waals surface area contributed by atoms with Crippen molar-refractivity contribution in [2.75, 3.05) is 13.7 Å². The zero-order chi connectivity index (χ0) is 28.2. The molecule has 1 aliphatic rings. The molecule has 3 aromatic rings. The van der Waals surface area contributed by atoms with Gasteiger partial charge < -0.3 is 14.2 Å². The van der Waals surface area contributed by atoms with E-state index in [1.54, 1.807) is 13.0 Å². The molecule has 2 unspecified atom stereocenters. The van der Waals surface area contributed by atoms with Crippen LogP contribution in [-0.2, 0) is 16.1 Å². The van der Waals surface area contributed by atoms with Gasteiger partial charge in [-0.05, 0) is 74.4 Å². The summed E-state index contributed by atoms with van der Waals surface area (Å²) in [6.07, 6.45) is -1.01. The Labute approximate surface area is 224 Å². The number of carbonyl (C=O) groups excluding carboxylic acids is 1. The smallest absolute Gasteiger partial charge is 0.397 e. The highest BCUT2D eigenvalue weighted by Gasteiger charge is 2.40. The Morgan fingerprint density at radius 1 is 1.13 bits per heavy atom. The lowest BCUT2D eigenvalue weighted by molar-refractivity contribution is -0.147. The number of alkyl halides is 3. The molecule has 1 aromatic heterocycles. The molecule has 0 radical (unpaired) electrons. The Balaban J connectivity index is 1.58. The second-order valence-corrected chi connectivity index (χ2v) is 9.52. The van der Waals surface area contributed by atoms with Crippen LogP contribution in [0.1, 0.15) is 61.9 Å². The van der Waals surface area contributed by atoms with Crippen LogP contribution < -0.4 is 9.47 Å². The van der Waals surface area contributed by atoms with Gasteiger partial charge in [-0.15, -0.1) is 0 Å². The first kappa shape index (κ1) is 28.3. The van der Waals surface area contributed by atoms with Crippen molar-refractivity contribution in [3.05, 3.63) is 71.4 Å². The molecule has 1 fully saturated rings. The van der Waals surface area contributed by atoms with Gasteiger partial charge in [0, 0.05) is 5.56 Å². The molecule has 39 heavy (non-hydrogen) atoms. The van der Waals surface area contributed by atoms with Crippen LogP contribution in [0.5, 0.6) is 11.5 Å². The Bertz CT molecular complexity index is 1310. The van der Waals surface area contributed by atoms with Gasteiger partial charge in [0.2, 0.25) is 0 Å². The summed E-state index contributed by atoms with van der Waals surface area (Å²) in [5.41, 5.74) is 0.329. The normalized spacial score (nSPS) is 14.9.